The van der Waals surface area contributed by atoms with Crippen LogP contribution in [0.4, 0.5) is 0 Å². The van der Waals surface area contributed by atoms with Gasteiger partial charge in [0.05, 0.1) is 48.8 Å². The van der Waals surface area contributed by atoms with Crippen molar-refractivity contribution in [2.45, 2.75) is 0 Å². The summed E-state index contributed by atoms with van der Waals surface area (Å²) in [6.07, 6.45) is 1.75. The van der Waals surface area contributed by atoms with Gasteiger partial charge in [-0.1, -0.05) is 0 Å². The molecule has 2 N–H and O–H groups in total. The predicted octanol–water partition coefficient (Wildman–Crippen LogP) is 3.10. The van der Waals surface area contributed by atoms with Crippen LogP contribution in [0.3, 0.4) is 0 Å². The van der Waals surface area contributed by atoms with Gasteiger partial charge in [0.1, 0.15) is 11.6 Å². The molecule has 1 saturated heterocycles. The Kier molecular flexibility index (Phi) is 4.68. The summed E-state index contributed by atoms with van der Waals surface area (Å²) in [6, 6.07) is 13.3. The maximum Gasteiger partial charge on any atom is 0.254 e. The third kappa shape index (κ3) is 3.31. The molecule has 30 heavy (non-hydrogen) atoms. The summed E-state index contributed by atoms with van der Waals surface area (Å²) in [5, 5.41) is 7.26. The minimum atomic E-state index is 0.0126. The number of carbonyl (C=O) groups excluding carboxylic acids is 1. The molecule has 4 aromatic rings. The molecule has 8 heteroatoms. The first kappa shape index (κ1) is 18.4. The Morgan fingerprint density at radius 2 is 1.93 bits per heavy atom. The fraction of sp³-hybridized carbons (Fsp3) is 0.227. The van der Waals surface area contributed by atoms with E-state index in [1.807, 2.05) is 47.4 Å². The van der Waals surface area contributed by atoms with Crippen LogP contribution in [0.25, 0.3) is 33.7 Å². The second-order valence-corrected chi connectivity index (χ2v) is 7.11. The molecule has 0 unspecified atom stereocenters. The van der Waals surface area contributed by atoms with Crippen molar-refractivity contribution in [3.63, 3.8) is 0 Å². The number of carbonyl (C=O) groups is 1. The maximum absolute atomic E-state index is 12.8. The van der Waals surface area contributed by atoms with Crippen molar-refractivity contribution >= 4 is 16.9 Å². The van der Waals surface area contributed by atoms with E-state index in [0.29, 0.717) is 37.7 Å². The van der Waals surface area contributed by atoms with Gasteiger partial charge < -0.3 is 19.4 Å². The molecule has 0 atom stereocenters. The normalized spacial score (nSPS) is 14.2. The molecule has 0 bridgehead atoms. The molecule has 0 spiro atoms. The standard InChI is InChI=1S/C22H21N5O3/c1-29-16-5-2-14(3-6-16)20-17(13-23-26-20)21-24-18-7-4-15(12-19(18)25-21)22(28)27-8-10-30-11-9-27/h2-7,12-13H,8-11H2,1H3,(H,23,26)(H,24,25). The number of nitrogens with zero attached hydrogens (tertiary/aromatic N) is 3. The zero-order valence-corrected chi connectivity index (χ0v) is 16.5. The topological polar surface area (TPSA) is 96.1 Å². The van der Waals surface area contributed by atoms with E-state index in [2.05, 4.69) is 15.2 Å². The smallest absolute Gasteiger partial charge is 0.254 e. The number of ether oxygens (including phenoxy) is 2. The van der Waals surface area contributed by atoms with Crippen LogP contribution in [0, 0.1) is 0 Å². The Hall–Kier alpha value is -3.65. The lowest BCUT2D eigenvalue weighted by Crippen LogP contribution is -2.40. The molecule has 0 aliphatic carbocycles. The van der Waals surface area contributed by atoms with Gasteiger partial charge in [-0.05, 0) is 42.5 Å². The Morgan fingerprint density at radius 3 is 2.70 bits per heavy atom. The highest BCUT2D eigenvalue weighted by Crippen LogP contribution is 2.31. The van der Waals surface area contributed by atoms with E-state index in [4.69, 9.17) is 14.5 Å². The average molecular weight is 403 g/mol. The summed E-state index contributed by atoms with van der Waals surface area (Å²) in [7, 11) is 1.64. The molecule has 1 amide bonds. The summed E-state index contributed by atoms with van der Waals surface area (Å²) in [5.41, 5.74) is 4.95. The SMILES string of the molecule is COc1ccc(-c2[nH]ncc2-c2nc3ccc(C(=O)N4CCOCC4)cc3[nH]2)cc1. The molecule has 2 aromatic carbocycles. The number of imidazole rings is 1. The minimum absolute atomic E-state index is 0.0126. The number of benzene rings is 2. The number of rotatable bonds is 4. The first-order chi connectivity index (χ1) is 14.7. The highest BCUT2D eigenvalue weighted by atomic mass is 16.5. The van der Waals surface area contributed by atoms with Crippen LogP contribution >= 0.6 is 0 Å². The number of aromatic nitrogens is 4. The van der Waals surface area contributed by atoms with E-state index in [0.717, 1.165) is 33.6 Å². The van der Waals surface area contributed by atoms with Crippen molar-refractivity contribution in [2.24, 2.45) is 0 Å². The molecule has 5 rings (SSSR count). The predicted molar refractivity (Wildman–Crippen MR) is 112 cm³/mol. The molecule has 1 aliphatic heterocycles. The number of methoxy groups -OCH3 is 1. The van der Waals surface area contributed by atoms with Crippen molar-refractivity contribution in [3.8, 4) is 28.4 Å². The lowest BCUT2D eigenvalue weighted by molar-refractivity contribution is 0.0303. The third-order valence-corrected chi connectivity index (χ3v) is 5.30. The fourth-order valence-electron chi connectivity index (χ4n) is 3.66. The van der Waals surface area contributed by atoms with Crippen molar-refractivity contribution in [3.05, 3.63) is 54.2 Å². The quantitative estimate of drug-likeness (QED) is 0.546. The Bertz CT molecular complexity index is 1190. The molecular formula is C22H21N5O3. The largest absolute Gasteiger partial charge is 0.497 e. The van der Waals surface area contributed by atoms with Gasteiger partial charge in [0.25, 0.3) is 5.91 Å². The van der Waals surface area contributed by atoms with Gasteiger partial charge >= 0.3 is 0 Å². The number of H-pyrrole nitrogens is 2. The van der Waals surface area contributed by atoms with Gasteiger partial charge in [-0.3, -0.25) is 9.89 Å². The lowest BCUT2D eigenvalue weighted by atomic mass is 10.1. The Labute approximate surface area is 172 Å². The molecular weight excluding hydrogens is 382 g/mol. The highest BCUT2D eigenvalue weighted by molar-refractivity contribution is 5.98. The van der Waals surface area contributed by atoms with Crippen LogP contribution in [0.2, 0.25) is 0 Å². The monoisotopic (exact) mass is 403 g/mol. The maximum atomic E-state index is 12.8. The summed E-state index contributed by atoms with van der Waals surface area (Å²) < 4.78 is 10.6. The Morgan fingerprint density at radius 1 is 1.13 bits per heavy atom. The minimum Gasteiger partial charge on any atom is -0.497 e. The van der Waals surface area contributed by atoms with Crippen LogP contribution in [-0.4, -0.2) is 64.4 Å². The van der Waals surface area contributed by atoms with Crippen molar-refractivity contribution in [1.82, 2.24) is 25.1 Å². The molecule has 8 nitrogen and oxygen atoms in total. The second kappa shape index (κ2) is 7.64. The molecule has 152 valence electrons. The highest BCUT2D eigenvalue weighted by Gasteiger charge is 2.20. The first-order valence-electron chi connectivity index (χ1n) is 9.78. The van der Waals surface area contributed by atoms with E-state index in [1.54, 1.807) is 13.3 Å². The lowest BCUT2D eigenvalue weighted by Gasteiger charge is -2.26. The first-order valence-corrected chi connectivity index (χ1v) is 9.78. The summed E-state index contributed by atoms with van der Waals surface area (Å²) in [5.74, 6) is 1.50. The molecule has 2 aromatic heterocycles. The zero-order valence-electron chi connectivity index (χ0n) is 16.5. The van der Waals surface area contributed by atoms with Gasteiger partial charge in [-0.2, -0.15) is 5.10 Å². The van der Waals surface area contributed by atoms with Crippen LogP contribution < -0.4 is 4.74 Å². The van der Waals surface area contributed by atoms with Gasteiger partial charge in [0, 0.05) is 24.2 Å². The van der Waals surface area contributed by atoms with Crippen molar-refractivity contribution < 1.29 is 14.3 Å². The van der Waals surface area contributed by atoms with Gasteiger partial charge in [0.2, 0.25) is 0 Å². The number of hydrogen-bond donors (Lipinski definition) is 2. The van der Waals surface area contributed by atoms with Crippen molar-refractivity contribution in [2.75, 3.05) is 33.4 Å². The molecule has 1 aliphatic rings. The average Bonchev–Trinajstić information content (AvgIpc) is 3.45. The summed E-state index contributed by atoms with van der Waals surface area (Å²) in [6.45, 7) is 2.39. The van der Waals surface area contributed by atoms with Gasteiger partial charge in [0.15, 0.2) is 0 Å². The zero-order chi connectivity index (χ0) is 20.5. The molecule has 0 radical (unpaired) electrons. The van der Waals surface area contributed by atoms with Crippen LogP contribution in [0.1, 0.15) is 10.4 Å². The van der Waals surface area contributed by atoms with Gasteiger partial charge in [-0.15, -0.1) is 0 Å². The number of aromatic amines is 2. The summed E-state index contributed by atoms with van der Waals surface area (Å²) >= 11 is 0. The van der Waals surface area contributed by atoms with E-state index in [1.165, 1.54) is 0 Å². The number of fused-ring (bicyclic) bond motifs is 1. The Balaban J connectivity index is 1.47. The fourth-order valence-corrected chi connectivity index (χ4v) is 3.66. The van der Waals surface area contributed by atoms with Crippen LogP contribution in [0.15, 0.2) is 48.7 Å². The summed E-state index contributed by atoms with van der Waals surface area (Å²) in [4.78, 5) is 22.6. The van der Waals surface area contributed by atoms with Crippen LogP contribution in [0.5, 0.6) is 5.75 Å². The third-order valence-electron chi connectivity index (χ3n) is 5.30. The van der Waals surface area contributed by atoms with E-state index >= 15 is 0 Å². The van der Waals surface area contributed by atoms with E-state index < -0.39 is 0 Å². The molecule has 1 fully saturated rings. The molecule has 0 saturated carbocycles. The second-order valence-electron chi connectivity index (χ2n) is 7.11. The molecule has 3 heterocycles. The van der Waals surface area contributed by atoms with Gasteiger partial charge in [-0.25, -0.2) is 4.98 Å². The van der Waals surface area contributed by atoms with E-state index in [-0.39, 0.29) is 5.91 Å². The number of nitrogens with one attached hydrogen (secondary N) is 2. The number of morpholine rings is 1. The number of hydrogen-bond acceptors (Lipinski definition) is 5. The van der Waals surface area contributed by atoms with Crippen LogP contribution in [-0.2, 0) is 4.74 Å². The number of amides is 1. The van der Waals surface area contributed by atoms with Crippen molar-refractivity contribution in [1.29, 1.82) is 0 Å². The van der Waals surface area contributed by atoms with E-state index in [9.17, 15) is 4.79 Å².